The summed E-state index contributed by atoms with van der Waals surface area (Å²) in [5.74, 6) is 0. The monoisotopic (exact) mass is 183 g/mol. The van der Waals surface area contributed by atoms with Gasteiger partial charge < -0.3 is 11.1 Å². The van der Waals surface area contributed by atoms with Gasteiger partial charge >= 0.3 is 0 Å². The van der Waals surface area contributed by atoms with Gasteiger partial charge in [0, 0.05) is 37.3 Å². The highest BCUT2D eigenvalue weighted by Crippen LogP contribution is 2.20. The van der Waals surface area contributed by atoms with Crippen LogP contribution in [0.15, 0.2) is 0 Å². The van der Waals surface area contributed by atoms with Crippen molar-refractivity contribution in [2.45, 2.75) is 50.9 Å². The summed E-state index contributed by atoms with van der Waals surface area (Å²) in [6.45, 7) is 6.97. The van der Waals surface area contributed by atoms with Crippen LogP contribution in [0.3, 0.4) is 0 Å². The smallest absolute Gasteiger partial charge is 0.0325 e. The summed E-state index contributed by atoms with van der Waals surface area (Å²) in [4.78, 5) is 2.50. The van der Waals surface area contributed by atoms with Gasteiger partial charge in [-0.1, -0.05) is 0 Å². The maximum atomic E-state index is 5.73. The van der Waals surface area contributed by atoms with E-state index in [-0.39, 0.29) is 0 Å². The zero-order valence-corrected chi connectivity index (χ0v) is 8.66. The maximum Gasteiger partial charge on any atom is 0.0325 e. The van der Waals surface area contributed by atoms with Crippen LogP contribution in [0.1, 0.15) is 26.7 Å². The lowest BCUT2D eigenvalue weighted by molar-refractivity contribution is 0.0745. The first-order chi connectivity index (χ1) is 6.15. The predicted octanol–water partition coefficient (Wildman–Crippen LogP) is 0.158. The van der Waals surface area contributed by atoms with E-state index in [2.05, 4.69) is 24.1 Å². The van der Waals surface area contributed by atoms with Crippen LogP contribution in [0.25, 0.3) is 0 Å². The highest BCUT2D eigenvalue weighted by atomic mass is 15.3. The summed E-state index contributed by atoms with van der Waals surface area (Å²) in [6, 6.07) is 2.63. The Morgan fingerprint density at radius 1 is 1.23 bits per heavy atom. The van der Waals surface area contributed by atoms with Crippen molar-refractivity contribution in [1.82, 2.24) is 10.2 Å². The van der Waals surface area contributed by atoms with Crippen LogP contribution in [0.5, 0.6) is 0 Å². The first kappa shape index (κ1) is 9.44. The summed E-state index contributed by atoms with van der Waals surface area (Å²) in [6.07, 6.45) is 2.36. The molecule has 0 aromatic rings. The van der Waals surface area contributed by atoms with Gasteiger partial charge in [-0.05, 0) is 26.7 Å². The molecule has 3 nitrogen and oxygen atoms in total. The highest BCUT2D eigenvalue weighted by molar-refractivity contribution is 4.95. The van der Waals surface area contributed by atoms with E-state index in [1.54, 1.807) is 0 Å². The molecule has 0 spiro atoms. The van der Waals surface area contributed by atoms with Crippen molar-refractivity contribution in [2.75, 3.05) is 13.1 Å². The molecule has 1 heterocycles. The molecule has 0 unspecified atom stereocenters. The molecule has 0 aromatic carbocycles. The average molecular weight is 183 g/mol. The molecular weight excluding hydrogens is 162 g/mol. The topological polar surface area (TPSA) is 41.3 Å². The predicted molar refractivity (Wildman–Crippen MR) is 54.6 cm³/mol. The maximum absolute atomic E-state index is 5.73. The Labute approximate surface area is 80.7 Å². The fourth-order valence-electron chi connectivity index (χ4n) is 2.17. The van der Waals surface area contributed by atoms with Gasteiger partial charge in [-0.25, -0.2) is 0 Å². The van der Waals surface area contributed by atoms with E-state index in [0.29, 0.717) is 18.1 Å². The Balaban J connectivity index is 1.59. The molecular formula is C10H21N3. The van der Waals surface area contributed by atoms with Crippen molar-refractivity contribution in [1.29, 1.82) is 0 Å². The molecule has 3 N–H and O–H groups in total. The molecule has 2 aliphatic rings. The fraction of sp³-hybridized carbons (Fsp3) is 1.00. The number of hydrogen-bond donors (Lipinski definition) is 2. The zero-order chi connectivity index (χ0) is 9.42. The third-order valence-electron chi connectivity index (χ3n) is 3.29. The van der Waals surface area contributed by atoms with Gasteiger partial charge in [0.25, 0.3) is 0 Å². The van der Waals surface area contributed by atoms with Crippen molar-refractivity contribution >= 4 is 0 Å². The second kappa shape index (κ2) is 3.56. The van der Waals surface area contributed by atoms with Crippen LogP contribution in [0, 0.1) is 0 Å². The quantitative estimate of drug-likeness (QED) is 0.655. The number of hydrogen-bond acceptors (Lipinski definition) is 3. The average Bonchev–Trinajstić information content (AvgIpc) is 1.90. The van der Waals surface area contributed by atoms with E-state index in [1.165, 1.54) is 25.9 Å². The van der Waals surface area contributed by atoms with Crippen LogP contribution in [-0.2, 0) is 0 Å². The van der Waals surface area contributed by atoms with Crippen LogP contribution in [-0.4, -0.2) is 42.2 Å². The molecule has 13 heavy (non-hydrogen) atoms. The van der Waals surface area contributed by atoms with Gasteiger partial charge in [-0.15, -0.1) is 0 Å². The number of nitrogens with zero attached hydrogens (tertiary/aromatic N) is 1. The summed E-state index contributed by atoms with van der Waals surface area (Å²) in [7, 11) is 0. The Morgan fingerprint density at radius 3 is 2.31 bits per heavy atom. The van der Waals surface area contributed by atoms with E-state index in [9.17, 15) is 0 Å². The van der Waals surface area contributed by atoms with Gasteiger partial charge in [0.2, 0.25) is 0 Å². The third kappa shape index (κ3) is 2.03. The molecule has 1 saturated carbocycles. The van der Waals surface area contributed by atoms with Crippen LogP contribution >= 0.6 is 0 Å². The normalized spacial score (nSPS) is 36.0. The lowest BCUT2D eigenvalue weighted by atomic mass is 9.86. The number of likely N-dealkylation sites (tertiary alicyclic amines) is 1. The first-order valence-corrected chi connectivity index (χ1v) is 5.41. The van der Waals surface area contributed by atoms with E-state index in [0.717, 1.165) is 6.04 Å². The SMILES string of the molecule is CC(C)N1CC(NC2CC(N)C2)C1. The van der Waals surface area contributed by atoms with E-state index < -0.39 is 0 Å². The minimum Gasteiger partial charge on any atom is -0.328 e. The molecule has 0 atom stereocenters. The van der Waals surface area contributed by atoms with Gasteiger partial charge in [-0.3, -0.25) is 4.90 Å². The van der Waals surface area contributed by atoms with Gasteiger partial charge in [0.15, 0.2) is 0 Å². The molecule has 0 radical (unpaired) electrons. The summed E-state index contributed by atoms with van der Waals surface area (Å²) < 4.78 is 0. The van der Waals surface area contributed by atoms with Crippen molar-refractivity contribution < 1.29 is 0 Å². The molecule has 1 aliphatic carbocycles. The number of nitrogens with one attached hydrogen (secondary N) is 1. The minimum absolute atomic E-state index is 0.471. The fourth-order valence-corrected chi connectivity index (χ4v) is 2.17. The second-order valence-electron chi connectivity index (χ2n) is 4.84. The van der Waals surface area contributed by atoms with E-state index >= 15 is 0 Å². The van der Waals surface area contributed by atoms with Crippen molar-refractivity contribution in [3.63, 3.8) is 0 Å². The van der Waals surface area contributed by atoms with E-state index in [4.69, 9.17) is 5.73 Å². The van der Waals surface area contributed by atoms with Crippen molar-refractivity contribution in [3.05, 3.63) is 0 Å². The largest absolute Gasteiger partial charge is 0.328 e. The Bertz CT molecular complexity index is 169. The van der Waals surface area contributed by atoms with Crippen LogP contribution < -0.4 is 11.1 Å². The molecule has 1 aliphatic heterocycles. The summed E-state index contributed by atoms with van der Waals surface area (Å²) >= 11 is 0. The number of rotatable bonds is 3. The van der Waals surface area contributed by atoms with E-state index in [1.807, 2.05) is 0 Å². The van der Waals surface area contributed by atoms with Crippen LogP contribution in [0.4, 0.5) is 0 Å². The molecule has 76 valence electrons. The zero-order valence-electron chi connectivity index (χ0n) is 8.66. The Kier molecular flexibility index (Phi) is 2.58. The molecule has 0 amide bonds. The summed E-state index contributed by atoms with van der Waals surface area (Å²) in [5, 5.41) is 3.65. The molecule has 0 bridgehead atoms. The second-order valence-corrected chi connectivity index (χ2v) is 4.84. The summed E-state index contributed by atoms with van der Waals surface area (Å²) in [5.41, 5.74) is 5.73. The standard InChI is InChI=1S/C10H21N3/c1-7(2)13-5-10(6-13)12-9-3-8(11)4-9/h7-10,12H,3-6,11H2,1-2H3. The molecule has 2 rings (SSSR count). The van der Waals surface area contributed by atoms with Gasteiger partial charge in [0.05, 0.1) is 0 Å². The third-order valence-corrected chi connectivity index (χ3v) is 3.29. The molecule has 0 aromatic heterocycles. The van der Waals surface area contributed by atoms with Crippen LogP contribution in [0.2, 0.25) is 0 Å². The van der Waals surface area contributed by atoms with Crippen molar-refractivity contribution in [2.24, 2.45) is 5.73 Å². The van der Waals surface area contributed by atoms with Gasteiger partial charge in [0.1, 0.15) is 0 Å². The Hall–Kier alpha value is -0.120. The van der Waals surface area contributed by atoms with Gasteiger partial charge in [-0.2, -0.15) is 0 Å². The Morgan fingerprint density at radius 2 is 1.85 bits per heavy atom. The highest BCUT2D eigenvalue weighted by Gasteiger charge is 2.33. The molecule has 3 heteroatoms. The molecule has 1 saturated heterocycles. The first-order valence-electron chi connectivity index (χ1n) is 5.41. The lowest BCUT2D eigenvalue weighted by Crippen LogP contribution is -2.64. The molecule has 2 fully saturated rings. The van der Waals surface area contributed by atoms with Crippen molar-refractivity contribution in [3.8, 4) is 0 Å². The lowest BCUT2D eigenvalue weighted by Gasteiger charge is -2.46. The number of nitrogens with two attached hydrogens (primary N) is 1. The minimum atomic E-state index is 0.471.